The fraction of sp³-hybridized carbons (Fsp3) is 0. The van der Waals surface area contributed by atoms with E-state index in [1.807, 2.05) is 78.9 Å². The van der Waals surface area contributed by atoms with Crippen LogP contribution in [0.5, 0.6) is 0 Å². The Morgan fingerprint density at radius 2 is 0.976 bits per heavy atom. The molecule has 0 bridgehead atoms. The van der Waals surface area contributed by atoms with Crippen LogP contribution in [0, 0.1) is 0 Å². The van der Waals surface area contributed by atoms with E-state index in [0.717, 1.165) is 56.1 Å². The van der Waals surface area contributed by atoms with Crippen molar-refractivity contribution < 1.29 is 9.21 Å². The summed E-state index contributed by atoms with van der Waals surface area (Å²) in [6.07, 6.45) is 1.61. The third-order valence-corrected chi connectivity index (χ3v) is 7.30. The first kappa shape index (κ1) is 25.1. The van der Waals surface area contributed by atoms with E-state index in [1.54, 1.807) is 6.08 Å². The molecule has 1 heterocycles. The van der Waals surface area contributed by atoms with Gasteiger partial charge in [0.25, 0.3) is 0 Å². The molecule has 0 aliphatic rings. The summed E-state index contributed by atoms with van der Waals surface area (Å²) in [6.45, 7) is 0. The van der Waals surface area contributed by atoms with E-state index in [2.05, 4.69) is 87.6 Å². The summed E-state index contributed by atoms with van der Waals surface area (Å²) in [4.78, 5) is 18.9. The molecule has 0 amide bonds. The molecule has 6 aromatic carbocycles. The first-order valence-corrected chi connectivity index (χ1v) is 13.7. The van der Waals surface area contributed by atoms with Crippen LogP contribution in [0.15, 0.2) is 161 Å². The van der Waals surface area contributed by atoms with Crippen molar-refractivity contribution in [2.45, 2.75) is 0 Å². The van der Waals surface area contributed by atoms with Gasteiger partial charge in [-0.1, -0.05) is 66.7 Å². The summed E-state index contributed by atoms with van der Waals surface area (Å²) in [5, 5.41) is 2.18. The molecule has 0 atom stereocenters. The summed E-state index contributed by atoms with van der Waals surface area (Å²) >= 11 is 0. The molecule has 5 heteroatoms. The van der Waals surface area contributed by atoms with E-state index in [0.29, 0.717) is 5.69 Å². The van der Waals surface area contributed by atoms with E-state index < -0.39 is 0 Å². The lowest BCUT2D eigenvalue weighted by Gasteiger charge is -2.28. The van der Waals surface area contributed by atoms with E-state index in [4.69, 9.17) is 4.42 Å². The second-order valence-corrected chi connectivity index (χ2v) is 9.83. The minimum Gasteiger partial charge on any atom is -0.454 e. The molecule has 0 saturated heterocycles. The van der Waals surface area contributed by atoms with Crippen molar-refractivity contribution in [2.24, 2.45) is 4.99 Å². The summed E-state index contributed by atoms with van der Waals surface area (Å²) in [5.41, 5.74) is 8.23. The maximum atomic E-state index is 10.7. The molecule has 1 aromatic heterocycles. The molecule has 7 rings (SSSR count). The van der Waals surface area contributed by atoms with Gasteiger partial charge in [-0.2, -0.15) is 4.99 Å². The lowest BCUT2D eigenvalue weighted by Crippen LogP contribution is -2.12. The van der Waals surface area contributed by atoms with Gasteiger partial charge in [0.15, 0.2) is 5.58 Å². The number of carbonyl (C=O) groups excluding carboxylic acids is 1. The zero-order valence-corrected chi connectivity index (χ0v) is 22.6. The molecule has 0 unspecified atom stereocenters. The number of fused-ring (bicyclic) bond motifs is 3. The summed E-state index contributed by atoms with van der Waals surface area (Å²) in [7, 11) is 0. The first-order chi connectivity index (χ1) is 20.8. The number of hydrogen-bond donors (Lipinski definition) is 0. The average Bonchev–Trinajstić information content (AvgIpc) is 3.44. The second-order valence-electron chi connectivity index (χ2n) is 9.83. The van der Waals surface area contributed by atoms with E-state index >= 15 is 0 Å². The Morgan fingerprint density at radius 1 is 0.476 bits per heavy atom. The van der Waals surface area contributed by atoms with Crippen LogP contribution in [-0.4, -0.2) is 6.08 Å². The molecule has 200 valence electrons. The number of rotatable bonds is 7. The van der Waals surface area contributed by atoms with Gasteiger partial charge in [0.2, 0.25) is 6.08 Å². The van der Waals surface area contributed by atoms with Crippen molar-refractivity contribution in [3.63, 3.8) is 0 Å². The number of anilines is 6. The molecule has 0 fully saturated rings. The molecule has 0 saturated carbocycles. The van der Waals surface area contributed by atoms with E-state index in [9.17, 15) is 4.79 Å². The lowest BCUT2D eigenvalue weighted by molar-refractivity contribution is 0.565. The molecule has 5 nitrogen and oxygen atoms in total. The number of para-hydroxylation sites is 4. The Labute approximate surface area is 243 Å². The molecular weight excluding hydrogens is 518 g/mol. The summed E-state index contributed by atoms with van der Waals surface area (Å²) in [5.74, 6) is 0. The van der Waals surface area contributed by atoms with Gasteiger partial charge < -0.3 is 14.2 Å². The molecule has 0 spiro atoms. The van der Waals surface area contributed by atoms with Crippen molar-refractivity contribution in [1.82, 2.24) is 0 Å². The highest BCUT2D eigenvalue weighted by atomic mass is 16.3. The van der Waals surface area contributed by atoms with Gasteiger partial charge >= 0.3 is 0 Å². The quantitative estimate of drug-likeness (QED) is 0.148. The number of benzene rings is 6. The SMILES string of the molecule is O=C=Nc1ccc(N(c2ccccc2)c2ccc(N(c3ccccc3)c3cccc4c3oc3ccccc34)cc2)cc1. The largest absolute Gasteiger partial charge is 0.454 e. The van der Waals surface area contributed by atoms with Gasteiger partial charge in [-0.15, -0.1) is 0 Å². The molecule has 0 radical (unpaired) electrons. The Hall–Kier alpha value is -5.90. The third-order valence-electron chi connectivity index (χ3n) is 7.30. The third kappa shape index (κ3) is 4.60. The lowest BCUT2D eigenvalue weighted by atomic mass is 10.1. The molecule has 42 heavy (non-hydrogen) atoms. The number of isocyanates is 1. The number of nitrogens with zero attached hydrogens (tertiary/aromatic N) is 3. The predicted molar refractivity (Wildman–Crippen MR) is 171 cm³/mol. The van der Waals surface area contributed by atoms with Crippen LogP contribution in [0.3, 0.4) is 0 Å². The number of hydrogen-bond acceptors (Lipinski definition) is 5. The Bertz CT molecular complexity index is 2030. The summed E-state index contributed by atoms with van der Waals surface area (Å²) in [6, 6.07) is 51.0. The van der Waals surface area contributed by atoms with Crippen LogP contribution in [-0.2, 0) is 4.79 Å². The fourth-order valence-electron chi connectivity index (χ4n) is 5.42. The number of aliphatic imine (C=N–C) groups is 1. The Kier molecular flexibility index (Phi) is 6.53. The minimum absolute atomic E-state index is 0.565. The highest BCUT2D eigenvalue weighted by Crippen LogP contribution is 2.43. The standard InChI is InChI=1S/C37H25N3O2/c41-26-38-27-18-20-30(21-19-27)39(28-10-3-1-4-11-28)31-22-24-32(25-23-31)40(29-12-5-2-6-13-29)35-16-9-15-34-33-14-7-8-17-36(33)42-37(34)35/h1-25H. The van der Waals surface area contributed by atoms with Crippen LogP contribution in [0.4, 0.5) is 39.8 Å². The maximum Gasteiger partial charge on any atom is 0.240 e. The van der Waals surface area contributed by atoms with Gasteiger partial charge in [0.1, 0.15) is 5.58 Å². The van der Waals surface area contributed by atoms with Crippen LogP contribution in [0.2, 0.25) is 0 Å². The van der Waals surface area contributed by atoms with Gasteiger partial charge in [-0.25, -0.2) is 4.79 Å². The van der Waals surface area contributed by atoms with Crippen molar-refractivity contribution in [2.75, 3.05) is 9.80 Å². The minimum atomic E-state index is 0.565. The molecule has 0 aliphatic heterocycles. The van der Waals surface area contributed by atoms with Gasteiger partial charge in [-0.05, 0) is 84.9 Å². The van der Waals surface area contributed by atoms with Crippen molar-refractivity contribution in [1.29, 1.82) is 0 Å². The van der Waals surface area contributed by atoms with Gasteiger partial charge in [-0.3, -0.25) is 0 Å². The molecule has 0 aliphatic carbocycles. The normalized spacial score (nSPS) is 10.9. The van der Waals surface area contributed by atoms with E-state index in [1.165, 1.54) is 0 Å². The van der Waals surface area contributed by atoms with Crippen molar-refractivity contribution in [3.05, 3.63) is 152 Å². The highest BCUT2D eigenvalue weighted by molar-refractivity contribution is 6.10. The van der Waals surface area contributed by atoms with Crippen molar-refractivity contribution >= 4 is 67.8 Å². The fourth-order valence-corrected chi connectivity index (χ4v) is 5.42. The van der Waals surface area contributed by atoms with Gasteiger partial charge in [0, 0.05) is 39.2 Å². The number of furan rings is 1. The topological polar surface area (TPSA) is 49.1 Å². The van der Waals surface area contributed by atoms with Crippen LogP contribution >= 0.6 is 0 Å². The molecule has 7 aromatic rings. The monoisotopic (exact) mass is 543 g/mol. The smallest absolute Gasteiger partial charge is 0.240 e. The summed E-state index contributed by atoms with van der Waals surface area (Å²) < 4.78 is 6.43. The second kappa shape index (κ2) is 10.9. The van der Waals surface area contributed by atoms with Crippen molar-refractivity contribution in [3.8, 4) is 0 Å². The van der Waals surface area contributed by atoms with E-state index in [-0.39, 0.29) is 0 Å². The first-order valence-electron chi connectivity index (χ1n) is 13.7. The highest BCUT2D eigenvalue weighted by Gasteiger charge is 2.20. The zero-order chi connectivity index (χ0) is 28.3. The predicted octanol–water partition coefficient (Wildman–Crippen LogP) is 10.5. The zero-order valence-electron chi connectivity index (χ0n) is 22.6. The average molecular weight is 544 g/mol. The Balaban J connectivity index is 1.35. The molecule has 0 N–H and O–H groups in total. The van der Waals surface area contributed by atoms with Crippen LogP contribution in [0.25, 0.3) is 21.9 Å². The maximum absolute atomic E-state index is 10.7. The van der Waals surface area contributed by atoms with Crippen LogP contribution in [0.1, 0.15) is 0 Å². The van der Waals surface area contributed by atoms with Crippen LogP contribution < -0.4 is 9.80 Å². The Morgan fingerprint density at radius 3 is 1.62 bits per heavy atom. The van der Waals surface area contributed by atoms with Gasteiger partial charge in [0.05, 0.1) is 11.4 Å². The molecular formula is C37H25N3O2.